The second-order valence-electron chi connectivity index (χ2n) is 2.00. The fraction of sp³-hybridized carbons (Fsp3) is 0.286. The molecule has 0 unspecified atom stereocenters. The zero-order chi connectivity index (χ0) is 8.10. The number of thiol groups is 1. The Kier molecular flexibility index (Phi) is 3.45. The predicted molar refractivity (Wildman–Crippen MR) is 51.4 cm³/mol. The van der Waals surface area contributed by atoms with E-state index in [1.54, 1.807) is 0 Å². The fourth-order valence-electron chi connectivity index (χ4n) is 0.651. The molecular weight excluding hydrogens is 178 g/mol. The van der Waals surface area contributed by atoms with Gasteiger partial charge in [0.2, 0.25) is 5.91 Å². The molecule has 1 N–H and O–H groups in total. The van der Waals surface area contributed by atoms with Crippen LogP contribution in [0.4, 0.5) is 5.00 Å². The van der Waals surface area contributed by atoms with Gasteiger partial charge in [-0.15, -0.1) is 11.3 Å². The van der Waals surface area contributed by atoms with Gasteiger partial charge in [0.1, 0.15) is 0 Å². The van der Waals surface area contributed by atoms with Gasteiger partial charge in [0.15, 0.2) is 0 Å². The maximum atomic E-state index is 11.0. The van der Waals surface area contributed by atoms with Crippen LogP contribution in [0.3, 0.4) is 0 Å². The van der Waals surface area contributed by atoms with Crippen LogP contribution in [0.2, 0.25) is 0 Å². The number of nitrogens with one attached hydrogen (secondary N) is 1. The quantitative estimate of drug-likeness (QED) is 0.696. The summed E-state index contributed by atoms with van der Waals surface area (Å²) in [6, 6.07) is 3.78. The number of amides is 1. The van der Waals surface area contributed by atoms with Crippen molar-refractivity contribution in [2.24, 2.45) is 0 Å². The smallest absolute Gasteiger partial charge is 0.225 e. The van der Waals surface area contributed by atoms with E-state index < -0.39 is 0 Å². The second kappa shape index (κ2) is 4.41. The molecule has 1 aromatic heterocycles. The topological polar surface area (TPSA) is 29.1 Å². The molecule has 11 heavy (non-hydrogen) atoms. The summed E-state index contributed by atoms with van der Waals surface area (Å²) in [7, 11) is 0. The standard InChI is InChI=1S/C7H9NOS2/c9-6(3-4-10)8-7-2-1-5-11-7/h1-2,5,10H,3-4H2,(H,8,9). The highest BCUT2D eigenvalue weighted by Crippen LogP contribution is 2.14. The molecule has 0 aliphatic heterocycles. The van der Waals surface area contributed by atoms with Crippen molar-refractivity contribution in [3.8, 4) is 0 Å². The molecule has 0 saturated carbocycles. The molecule has 2 nitrogen and oxygen atoms in total. The molecule has 1 amide bonds. The van der Waals surface area contributed by atoms with Crippen LogP contribution >= 0.6 is 24.0 Å². The number of rotatable bonds is 3. The number of thiophene rings is 1. The number of hydrogen-bond donors (Lipinski definition) is 2. The van der Waals surface area contributed by atoms with Crippen molar-refractivity contribution in [1.29, 1.82) is 0 Å². The molecule has 1 heterocycles. The van der Waals surface area contributed by atoms with Crippen molar-refractivity contribution in [3.05, 3.63) is 17.5 Å². The number of hydrogen-bond acceptors (Lipinski definition) is 3. The first kappa shape index (κ1) is 8.62. The molecule has 0 aliphatic rings. The van der Waals surface area contributed by atoms with Crippen molar-refractivity contribution in [3.63, 3.8) is 0 Å². The van der Waals surface area contributed by atoms with E-state index in [4.69, 9.17) is 0 Å². The van der Waals surface area contributed by atoms with Crippen LogP contribution in [0.15, 0.2) is 17.5 Å². The maximum absolute atomic E-state index is 11.0. The number of carbonyl (C=O) groups excluding carboxylic acids is 1. The van der Waals surface area contributed by atoms with Gasteiger partial charge in [0.05, 0.1) is 5.00 Å². The van der Waals surface area contributed by atoms with Crippen LogP contribution in [0.25, 0.3) is 0 Å². The molecule has 0 aromatic carbocycles. The third-order valence-corrected chi connectivity index (χ3v) is 2.13. The van der Waals surface area contributed by atoms with Crippen LogP contribution < -0.4 is 5.32 Å². The van der Waals surface area contributed by atoms with Gasteiger partial charge < -0.3 is 5.32 Å². The summed E-state index contributed by atoms with van der Waals surface area (Å²) in [6.45, 7) is 0. The molecule has 0 radical (unpaired) electrons. The Hall–Kier alpha value is -0.480. The molecule has 0 fully saturated rings. The Morgan fingerprint density at radius 2 is 2.55 bits per heavy atom. The molecule has 0 aliphatic carbocycles. The second-order valence-corrected chi connectivity index (χ2v) is 3.39. The van der Waals surface area contributed by atoms with Gasteiger partial charge in [-0.25, -0.2) is 0 Å². The molecule has 1 aromatic rings. The third kappa shape index (κ3) is 2.95. The van der Waals surface area contributed by atoms with Crippen LogP contribution in [-0.4, -0.2) is 11.7 Å². The van der Waals surface area contributed by atoms with Gasteiger partial charge in [-0.05, 0) is 23.3 Å². The van der Waals surface area contributed by atoms with Gasteiger partial charge in [-0.2, -0.15) is 12.6 Å². The maximum Gasteiger partial charge on any atom is 0.225 e. The van der Waals surface area contributed by atoms with E-state index in [-0.39, 0.29) is 5.91 Å². The van der Waals surface area contributed by atoms with Crippen molar-refractivity contribution in [2.45, 2.75) is 6.42 Å². The SMILES string of the molecule is O=C(CCS)Nc1cccs1. The van der Waals surface area contributed by atoms with E-state index in [9.17, 15) is 4.79 Å². The van der Waals surface area contributed by atoms with Gasteiger partial charge >= 0.3 is 0 Å². The molecule has 60 valence electrons. The Morgan fingerprint density at radius 3 is 3.09 bits per heavy atom. The summed E-state index contributed by atoms with van der Waals surface area (Å²) in [5.74, 6) is 0.624. The monoisotopic (exact) mass is 187 g/mol. The highest BCUT2D eigenvalue weighted by molar-refractivity contribution is 7.80. The molecule has 1 rings (SSSR count). The van der Waals surface area contributed by atoms with Crippen LogP contribution in [0.1, 0.15) is 6.42 Å². The number of anilines is 1. The minimum Gasteiger partial charge on any atom is -0.318 e. The minimum atomic E-state index is 0.0300. The van der Waals surface area contributed by atoms with Crippen LogP contribution in [-0.2, 0) is 4.79 Å². The summed E-state index contributed by atoms with van der Waals surface area (Å²) in [4.78, 5) is 11.0. The van der Waals surface area contributed by atoms with Gasteiger partial charge in [0, 0.05) is 6.42 Å². The first-order valence-corrected chi connectivity index (χ1v) is 4.78. The highest BCUT2D eigenvalue weighted by Gasteiger charge is 1.99. The Balaban J connectivity index is 2.37. The lowest BCUT2D eigenvalue weighted by Crippen LogP contribution is -2.10. The van der Waals surface area contributed by atoms with Crippen molar-refractivity contribution in [2.75, 3.05) is 11.1 Å². The Labute approximate surface area is 75.0 Å². The Morgan fingerprint density at radius 1 is 1.73 bits per heavy atom. The van der Waals surface area contributed by atoms with E-state index in [2.05, 4.69) is 17.9 Å². The van der Waals surface area contributed by atoms with Crippen LogP contribution in [0.5, 0.6) is 0 Å². The van der Waals surface area contributed by atoms with Gasteiger partial charge in [0.25, 0.3) is 0 Å². The fourth-order valence-corrected chi connectivity index (χ4v) is 1.49. The van der Waals surface area contributed by atoms with Gasteiger partial charge in [-0.3, -0.25) is 4.79 Å². The highest BCUT2D eigenvalue weighted by atomic mass is 32.1. The van der Waals surface area contributed by atoms with Crippen molar-refractivity contribution < 1.29 is 4.79 Å². The molecule has 0 saturated heterocycles. The molecule has 0 atom stereocenters. The molecule has 0 bridgehead atoms. The average molecular weight is 187 g/mol. The lowest BCUT2D eigenvalue weighted by Gasteiger charge is -1.98. The first-order valence-electron chi connectivity index (χ1n) is 3.27. The summed E-state index contributed by atoms with van der Waals surface area (Å²) in [5.41, 5.74) is 0. The Bertz CT molecular complexity index is 220. The normalized spacial score (nSPS) is 9.55. The number of carbonyl (C=O) groups is 1. The lowest BCUT2D eigenvalue weighted by atomic mass is 10.4. The van der Waals surface area contributed by atoms with E-state index >= 15 is 0 Å². The summed E-state index contributed by atoms with van der Waals surface area (Å²) < 4.78 is 0. The largest absolute Gasteiger partial charge is 0.318 e. The molecular formula is C7H9NOS2. The summed E-state index contributed by atoms with van der Waals surface area (Å²) in [5, 5.41) is 5.58. The lowest BCUT2D eigenvalue weighted by molar-refractivity contribution is -0.115. The summed E-state index contributed by atoms with van der Waals surface area (Å²) in [6.07, 6.45) is 0.473. The molecule has 4 heteroatoms. The minimum absolute atomic E-state index is 0.0300. The van der Waals surface area contributed by atoms with E-state index in [0.29, 0.717) is 12.2 Å². The van der Waals surface area contributed by atoms with Crippen molar-refractivity contribution in [1.82, 2.24) is 0 Å². The van der Waals surface area contributed by atoms with E-state index in [0.717, 1.165) is 5.00 Å². The van der Waals surface area contributed by atoms with Gasteiger partial charge in [-0.1, -0.05) is 0 Å². The zero-order valence-electron chi connectivity index (χ0n) is 5.91. The predicted octanol–water partition coefficient (Wildman–Crippen LogP) is 2.01. The first-order chi connectivity index (χ1) is 5.33. The summed E-state index contributed by atoms with van der Waals surface area (Å²) >= 11 is 5.47. The third-order valence-electron chi connectivity index (χ3n) is 1.12. The van der Waals surface area contributed by atoms with E-state index in [1.807, 2.05) is 17.5 Å². The zero-order valence-corrected chi connectivity index (χ0v) is 7.62. The molecule has 0 spiro atoms. The van der Waals surface area contributed by atoms with Crippen molar-refractivity contribution >= 4 is 34.9 Å². The average Bonchev–Trinajstić information content (AvgIpc) is 2.40. The van der Waals surface area contributed by atoms with E-state index in [1.165, 1.54) is 11.3 Å². The van der Waals surface area contributed by atoms with Crippen LogP contribution in [0, 0.1) is 0 Å².